The number of rotatable bonds is 4. The molecule has 0 atom stereocenters. The van der Waals surface area contributed by atoms with Gasteiger partial charge in [0.2, 0.25) is 10.0 Å². The van der Waals surface area contributed by atoms with Crippen molar-refractivity contribution in [3.8, 4) is 5.75 Å². The summed E-state index contributed by atoms with van der Waals surface area (Å²) in [4.78, 5) is 2.13. The summed E-state index contributed by atoms with van der Waals surface area (Å²) in [6, 6.07) is 11.1. The van der Waals surface area contributed by atoms with Gasteiger partial charge in [-0.1, -0.05) is 11.6 Å². The van der Waals surface area contributed by atoms with E-state index in [-0.39, 0.29) is 9.92 Å². The smallest absolute Gasteiger partial charge is 0.243 e. The van der Waals surface area contributed by atoms with Crippen LogP contribution in [-0.2, 0) is 10.0 Å². The summed E-state index contributed by atoms with van der Waals surface area (Å²) >= 11 is 5.71. The van der Waals surface area contributed by atoms with Gasteiger partial charge >= 0.3 is 0 Å². The molecule has 8 heteroatoms. The van der Waals surface area contributed by atoms with Gasteiger partial charge in [-0.05, 0) is 42.5 Å². The van der Waals surface area contributed by atoms with Crippen molar-refractivity contribution in [1.82, 2.24) is 4.31 Å². The minimum Gasteiger partial charge on any atom is -0.497 e. The number of nitrogens with zero attached hydrogens (tertiary/aromatic N) is 2. The van der Waals surface area contributed by atoms with Crippen LogP contribution < -0.4 is 9.64 Å². The third-order valence-electron chi connectivity index (χ3n) is 4.21. The zero-order valence-corrected chi connectivity index (χ0v) is 15.2. The summed E-state index contributed by atoms with van der Waals surface area (Å²) in [6.07, 6.45) is 0. The van der Waals surface area contributed by atoms with Gasteiger partial charge in [0.25, 0.3) is 0 Å². The standard InChI is InChI=1S/C17H18ClFN2O3S/c1-24-14-4-2-13(3-5-14)20-8-10-21(11-9-20)25(22,23)15-6-7-17(19)16(18)12-15/h2-7,12H,8-11H2,1H3. The van der Waals surface area contributed by atoms with Gasteiger partial charge in [-0.25, -0.2) is 12.8 Å². The van der Waals surface area contributed by atoms with Crippen LogP contribution in [0.1, 0.15) is 0 Å². The van der Waals surface area contributed by atoms with Crippen LogP contribution in [0.25, 0.3) is 0 Å². The van der Waals surface area contributed by atoms with E-state index in [1.54, 1.807) is 7.11 Å². The maximum Gasteiger partial charge on any atom is 0.243 e. The van der Waals surface area contributed by atoms with Crippen molar-refractivity contribution in [2.45, 2.75) is 4.90 Å². The van der Waals surface area contributed by atoms with Gasteiger partial charge in [0, 0.05) is 31.9 Å². The summed E-state index contributed by atoms with van der Waals surface area (Å²) in [5, 5.41) is -0.196. The van der Waals surface area contributed by atoms with E-state index in [4.69, 9.17) is 16.3 Å². The monoisotopic (exact) mass is 384 g/mol. The Morgan fingerprint density at radius 3 is 2.24 bits per heavy atom. The Balaban J connectivity index is 1.71. The number of sulfonamides is 1. The van der Waals surface area contributed by atoms with Crippen LogP contribution in [0, 0.1) is 5.82 Å². The molecular formula is C17H18ClFN2O3S. The number of ether oxygens (including phenoxy) is 1. The van der Waals surface area contributed by atoms with Crippen LogP contribution >= 0.6 is 11.6 Å². The molecule has 0 unspecified atom stereocenters. The first kappa shape index (κ1) is 18.0. The van der Waals surface area contributed by atoms with Gasteiger partial charge in [-0.15, -0.1) is 0 Å². The molecule has 25 heavy (non-hydrogen) atoms. The van der Waals surface area contributed by atoms with Crippen molar-refractivity contribution < 1.29 is 17.5 Å². The molecule has 1 aliphatic rings. The highest BCUT2D eigenvalue weighted by atomic mass is 35.5. The maximum absolute atomic E-state index is 13.3. The summed E-state index contributed by atoms with van der Waals surface area (Å²) in [6.45, 7) is 1.84. The largest absolute Gasteiger partial charge is 0.497 e. The molecule has 0 bridgehead atoms. The first-order valence-corrected chi connectivity index (χ1v) is 9.58. The lowest BCUT2D eigenvalue weighted by Crippen LogP contribution is -2.48. The number of benzene rings is 2. The maximum atomic E-state index is 13.3. The van der Waals surface area contributed by atoms with Crippen molar-refractivity contribution in [2.24, 2.45) is 0 Å². The molecule has 0 aromatic heterocycles. The second kappa shape index (κ2) is 7.19. The molecule has 5 nitrogen and oxygen atoms in total. The van der Waals surface area contributed by atoms with Crippen LogP contribution in [0.3, 0.4) is 0 Å². The zero-order valence-electron chi connectivity index (χ0n) is 13.7. The highest BCUT2D eigenvalue weighted by molar-refractivity contribution is 7.89. The van der Waals surface area contributed by atoms with Crippen molar-refractivity contribution in [3.63, 3.8) is 0 Å². The SMILES string of the molecule is COc1ccc(N2CCN(S(=O)(=O)c3ccc(F)c(Cl)c3)CC2)cc1. The molecule has 3 rings (SSSR count). The molecule has 1 heterocycles. The second-order valence-corrected chi connectivity index (χ2v) is 8.01. The molecule has 0 spiro atoms. The Morgan fingerprint density at radius 2 is 1.68 bits per heavy atom. The van der Waals surface area contributed by atoms with E-state index in [1.807, 2.05) is 24.3 Å². The fraction of sp³-hybridized carbons (Fsp3) is 0.294. The summed E-state index contributed by atoms with van der Waals surface area (Å²) < 4.78 is 45.2. The fourth-order valence-corrected chi connectivity index (χ4v) is 4.46. The van der Waals surface area contributed by atoms with Gasteiger partial charge in [0.1, 0.15) is 11.6 Å². The van der Waals surface area contributed by atoms with Gasteiger partial charge in [0.15, 0.2) is 0 Å². The fourth-order valence-electron chi connectivity index (χ4n) is 2.77. The molecule has 1 fully saturated rings. The molecule has 134 valence electrons. The molecule has 0 amide bonds. The van der Waals surface area contributed by atoms with Gasteiger partial charge in [-0.2, -0.15) is 4.31 Å². The molecule has 1 aliphatic heterocycles. The van der Waals surface area contributed by atoms with E-state index in [9.17, 15) is 12.8 Å². The first-order valence-electron chi connectivity index (χ1n) is 7.76. The molecule has 0 aliphatic carbocycles. The Labute approximate surface area is 151 Å². The van der Waals surface area contributed by atoms with Crippen molar-refractivity contribution in [3.05, 3.63) is 53.3 Å². The van der Waals surface area contributed by atoms with Crippen LogP contribution in [0.15, 0.2) is 47.4 Å². The minimum absolute atomic E-state index is 0.0109. The normalized spacial score (nSPS) is 16.0. The minimum atomic E-state index is -3.68. The average molecular weight is 385 g/mol. The third-order valence-corrected chi connectivity index (χ3v) is 6.39. The highest BCUT2D eigenvalue weighted by Gasteiger charge is 2.29. The van der Waals surface area contributed by atoms with E-state index in [2.05, 4.69) is 4.90 Å². The molecule has 1 saturated heterocycles. The van der Waals surface area contributed by atoms with Gasteiger partial charge in [0.05, 0.1) is 17.0 Å². The second-order valence-electron chi connectivity index (χ2n) is 5.67. The number of methoxy groups -OCH3 is 1. The Hall–Kier alpha value is -1.83. The predicted octanol–water partition coefficient (Wildman–Crippen LogP) is 3.00. The summed E-state index contributed by atoms with van der Waals surface area (Å²) in [5.74, 6) is 0.142. The lowest BCUT2D eigenvalue weighted by atomic mass is 10.2. The van der Waals surface area contributed by atoms with Crippen LogP contribution in [0.2, 0.25) is 5.02 Å². The molecular weight excluding hydrogens is 367 g/mol. The van der Waals surface area contributed by atoms with Crippen molar-refractivity contribution in [2.75, 3.05) is 38.2 Å². The lowest BCUT2D eigenvalue weighted by molar-refractivity contribution is 0.384. The molecule has 0 N–H and O–H groups in total. The first-order chi connectivity index (χ1) is 11.9. The van der Waals surface area contributed by atoms with Crippen LogP contribution in [-0.4, -0.2) is 46.0 Å². The van der Waals surface area contributed by atoms with Gasteiger partial charge in [-0.3, -0.25) is 0 Å². The van der Waals surface area contributed by atoms with Crippen LogP contribution in [0.4, 0.5) is 10.1 Å². The molecule has 0 saturated carbocycles. The number of halogens is 2. The number of hydrogen-bond acceptors (Lipinski definition) is 4. The molecule has 2 aromatic carbocycles. The quantitative estimate of drug-likeness (QED) is 0.813. The van der Waals surface area contributed by atoms with E-state index in [0.717, 1.165) is 23.6 Å². The van der Waals surface area contributed by atoms with E-state index in [0.29, 0.717) is 26.2 Å². The molecule has 0 radical (unpaired) electrons. The van der Waals surface area contributed by atoms with Crippen molar-refractivity contribution in [1.29, 1.82) is 0 Å². The van der Waals surface area contributed by atoms with E-state index >= 15 is 0 Å². The number of piperazine rings is 1. The Bertz CT molecular complexity index is 851. The number of hydrogen-bond donors (Lipinski definition) is 0. The van der Waals surface area contributed by atoms with Crippen molar-refractivity contribution >= 4 is 27.3 Å². The third kappa shape index (κ3) is 3.73. The zero-order chi connectivity index (χ0) is 18.0. The van der Waals surface area contributed by atoms with Gasteiger partial charge < -0.3 is 9.64 Å². The Kier molecular flexibility index (Phi) is 5.17. The van der Waals surface area contributed by atoms with E-state index < -0.39 is 15.8 Å². The average Bonchev–Trinajstić information content (AvgIpc) is 2.64. The summed E-state index contributed by atoms with van der Waals surface area (Å²) in [5.41, 5.74) is 1.02. The van der Waals surface area contributed by atoms with E-state index in [1.165, 1.54) is 10.4 Å². The molecule has 2 aromatic rings. The number of anilines is 1. The van der Waals surface area contributed by atoms with Crippen LogP contribution in [0.5, 0.6) is 5.75 Å². The Morgan fingerprint density at radius 1 is 1.04 bits per heavy atom. The highest BCUT2D eigenvalue weighted by Crippen LogP contribution is 2.25. The topological polar surface area (TPSA) is 49.9 Å². The summed E-state index contributed by atoms with van der Waals surface area (Å²) in [7, 11) is -2.07. The predicted molar refractivity (Wildman–Crippen MR) is 95.4 cm³/mol. The lowest BCUT2D eigenvalue weighted by Gasteiger charge is -2.35.